The Bertz CT molecular complexity index is 728. The highest BCUT2D eigenvalue weighted by Gasteiger charge is 2.59. The number of fused-ring (bicyclic) bond motifs is 4. The summed E-state index contributed by atoms with van der Waals surface area (Å²) in [6, 6.07) is 0. The quantitative estimate of drug-likeness (QED) is 0.389. The second-order valence-electron chi connectivity index (χ2n) is 14.0. The van der Waals surface area contributed by atoms with E-state index in [0.717, 1.165) is 36.5 Å². The maximum absolute atomic E-state index is 10.1. The normalized spacial score (nSPS) is 40.0. The summed E-state index contributed by atoms with van der Waals surface area (Å²) in [7, 11) is 1.93. The number of hydrogen-bond donors (Lipinski definition) is 1. The Hall–Kier alpha value is -0.340. The molecule has 4 rings (SSSR count). The van der Waals surface area contributed by atoms with Gasteiger partial charge in [-0.3, -0.25) is 0 Å². The first-order valence-electron chi connectivity index (χ1n) is 14.8. The molecule has 7 atom stereocenters. The van der Waals surface area contributed by atoms with Crippen LogP contribution in [0.25, 0.3) is 0 Å². The van der Waals surface area contributed by atoms with Gasteiger partial charge in [-0.25, -0.2) is 0 Å². The first-order chi connectivity index (χ1) is 15.8. The third-order valence-corrected chi connectivity index (χ3v) is 11.4. The molecule has 0 radical (unpaired) electrons. The summed E-state index contributed by atoms with van der Waals surface area (Å²) in [4.78, 5) is 0. The van der Waals surface area contributed by atoms with Gasteiger partial charge in [-0.1, -0.05) is 72.5 Å². The fourth-order valence-corrected chi connectivity index (χ4v) is 9.73. The van der Waals surface area contributed by atoms with Gasteiger partial charge in [0.1, 0.15) is 0 Å². The van der Waals surface area contributed by atoms with Crippen molar-refractivity contribution in [2.45, 2.75) is 145 Å². The van der Waals surface area contributed by atoms with E-state index in [0.29, 0.717) is 16.9 Å². The van der Waals surface area contributed by atoms with Gasteiger partial charge in [-0.05, 0) is 112 Å². The van der Waals surface area contributed by atoms with E-state index in [1.54, 1.807) is 0 Å². The van der Waals surface area contributed by atoms with Crippen molar-refractivity contribution in [3.05, 3.63) is 11.1 Å². The highest BCUT2D eigenvalue weighted by molar-refractivity contribution is 5.35. The van der Waals surface area contributed by atoms with Gasteiger partial charge in [0.15, 0.2) is 0 Å². The maximum Gasteiger partial charge on any atom is 0.0625 e. The Morgan fingerprint density at radius 1 is 1.00 bits per heavy atom. The van der Waals surface area contributed by atoms with E-state index in [1.807, 2.05) is 46.0 Å². The zero-order chi connectivity index (χ0) is 25.5. The van der Waals surface area contributed by atoms with Gasteiger partial charge in [0.25, 0.3) is 0 Å². The lowest BCUT2D eigenvalue weighted by molar-refractivity contribution is -0.110. The van der Waals surface area contributed by atoms with Crippen LogP contribution < -0.4 is 0 Å². The molecule has 0 saturated heterocycles. The smallest absolute Gasteiger partial charge is 0.0625 e. The third-order valence-electron chi connectivity index (χ3n) is 11.4. The van der Waals surface area contributed by atoms with Gasteiger partial charge in [0, 0.05) is 7.11 Å². The van der Waals surface area contributed by atoms with Crippen LogP contribution in [0, 0.1) is 39.9 Å². The van der Waals surface area contributed by atoms with Gasteiger partial charge in [0.2, 0.25) is 0 Å². The summed E-state index contributed by atoms with van der Waals surface area (Å²) in [5.41, 5.74) is 4.45. The molecule has 2 nitrogen and oxygen atoms in total. The minimum absolute atomic E-state index is 0.272. The zero-order valence-corrected chi connectivity index (χ0v) is 24.5. The maximum atomic E-state index is 10.1. The highest BCUT2D eigenvalue weighted by Crippen LogP contribution is 2.68. The van der Waals surface area contributed by atoms with Crippen LogP contribution in [0.15, 0.2) is 11.1 Å². The predicted octanol–water partition coefficient (Wildman–Crippen LogP) is 8.96. The molecular weight excluding hydrogens is 416 g/mol. The topological polar surface area (TPSA) is 29.5 Å². The number of ether oxygens (including phenoxy) is 1. The van der Waals surface area contributed by atoms with Crippen molar-refractivity contribution < 1.29 is 9.84 Å². The van der Waals surface area contributed by atoms with E-state index in [-0.39, 0.29) is 5.41 Å². The van der Waals surface area contributed by atoms with E-state index in [1.165, 1.54) is 57.8 Å². The fourth-order valence-electron chi connectivity index (χ4n) is 9.73. The molecule has 0 bridgehead atoms. The summed E-state index contributed by atoms with van der Waals surface area (Å²) in [6.45, 7) is 20.7. The molecule has 0 aromatic carbocycles. The van der Waals surface area contributed by atoms with E-state index in [2.05, 4.69) is 34.6 Å². The van der Waals surface area contributed by atoms with Crippen LogP contribution in [-0.2, 0) is 4.74 Å². The molecule has 2 fully saturated rings. The molecule has 7 unspecified atom stereocenters. The molecule has 198 valence electrons. The van der Waals surface area contributed by atoms with Crippen molar-refractivity contribution in [3.63, 3.8) is 0 Å². The van der Waals surface area contributed by atoms with Crippen LogP contribution in [-0.4, -0.2) is 23.9 Å². The lowest BCUT2D eigenvalue weighted by Gasteiger charge is -2.60. The van der Waals surface area contributed by atoms with Crippen LogP contribution in [0.3, 0.4) is 0 Å². The molecule has 0 aromatic rings. The Kier molecular flexibility index (Phi) is 8.47. The number of allylic oxidation sites excluding steroid dienone is 2. The van der Waals surface area contributed by atoms with Crippen molar-refractivity contribution in [3.8, 4) is 0 Å². The molecule has 2 saturated carbocycles. The minimum atomic E-state index is -0.518. The van der Waals surface area contributed by atoms with Gasteiger partial charge in [-0.15, -0.1) is 0 Å². The number of hydrogen-bond acceptors (Lipinski definition) is 2. The summed E-state index contributed by atoms with van der Waals surface area (Å²) >= 11 is 0. The van der Waals surface area contributed by atoms with Crippen LogP contribution in [0.5, 0.6) is 0 Å². The zero-order valence-electron chi connectivity index (χ0n) is 24.5. The summed E-state index contributed by atoms with van der Waals surface area (Å²) < 4.78 is 5.98. The Morgan fingerprint density at radius 3 is 2.29 bits per heavy atom. The summed E-state index contributed by atoms with van der Waals surface area (Å²) in [6.07, 6.45) is 14.6. The SMILES string of the molecule is CC.COC1CCC2(C)C3=C(CCC2C1(C)C)C1CCC(C(C)CCCC(C)(C)O)C1(C)CC3. The molecule has 34 heavy (non-hydrogen) atoms. The average molecular weight is 475 g/mol. The van der Waals surface area contributed by atoms with Crippen LogP contribution in [0.2, 0.25) is 0 Å². The molecule has 4 aliphatic rings. The van der Waals surface area contributed by atoms with E-state index in [9.17, 15) is 5.11 Å². The minimum Gasteiger partial charge on any atom is -0.390 e. The van der Waals surface area contributed by atoms with Crippen molar-refractivity contribution >= 4 is 0 Å². The summed E-state index contributed by atoms with van der Waals surface area (Å²) in [5, 5.41) is 10.1. The van der Waals surface area contributed by atoms with Gasteiger partial charge in [-0.2, -0.15) is 0 Å². The third kappa shape index (κ3) is 4.81. The van der Waals surface area contributed by atoms with Crippen LogP contribution in [0.1, 0.15) is 133 Å². The van der Waals surface area contributed by atoms with E-state index in [4.69, 9.17) is 4.74 Å². The Morgan fingerprint density at radius 2 is 1.68 bits per heavy atom. The Labute approximate surface area is 212 Å². The molecule has 0 aliphatic heterocycles. The molecule has 0 amide bonds. The molecule has 1 N–H and O–H groups in total. The lowest BCUT2D eigenvalue weighted by Crippen LogP contribution is -2.54. The highest BCUT2D eigenvalue weighted by atomic mass is 16.5. The largest absolute Gasteiger partial charge is 0.390 e. The van der Waals surface area contributed by atoms with Crippen LogP contribution >= 0.6 is 0 Å². The fraction of sp³-hybridized carbons (Fsp3) is 0.938. The molecule has 0 aromatic heterocycles. The number of methoxy groups -OCH3 is 1. The summed E-state index contributed by atoms with van der Waals surface area (Å²) in [5.74, 6) is 3.22. The lowest BCUT2D eigenvalue weighted by atomic mass is 9.46. The first-order valence-corrected chi connectivity index (χ1v) is 14.8. The van der Waals surface area contributed by atoms with Crippen molar-refractivity contribution in [2.75, 3.05) is 7.11 Å². The Balaban J connectivity index is 0.00000158. The molecule has 0 spiro atoms. The molecule has 2 heteroatoms. The second kappa shape index (κ2) is 10.2. The first kappa shape index (κ1) is 28.2. The van der Waals surface area contributed by atoms with Gasteiger partial charge >= 0.3 is 0 Å². The molecular formula is C32H58O2. The predicted molar refractivity (Wildman–Crippen MR) is 146 cm³/mol. The average Bonchev–Trinajstić information content (AvgIpc) is 3.11. The van der Waals surface area contributed by atoms with Gasteiger partial charge < -0.3 is 9.84 Å². The van der Waals surface area contributed by atoms with Gasteiger partial charge in [0.05, 0.1) is 11.7 Å². The number of aliphatic hydroxyl groups is 1. The second-order valence-corrected chi connectivity index (χ2v) is 14.0. The number of rotatable bonds is 6. The van der Waals surface area contributed by atoms with E-state index < -0.39 is 5.60 Å². The molecule has 4 aliphatic carbocycles. The van der Waals surface area contributed by atoms with Crippen molar-refractivity contribution in [1.29, 1.82) is 0 Å². The standard InChI is InChI=1S/C30H52O2.C2H6/c1-20(10-9-17-27(2,3)31)22-12-13-23-21-11-14-25-28(4,5)26(32-8)16-19-30(25,7)24(21)15-18-29(22,23)6;1-2/h20,22-23,25-26,31H,9-19H2,1-8H3;1-2H3. The monoisotopic (exact) mass is 474 g/mol. The van der Waals surface area contributed by atoms with Crippen LogP contribution in [0.4, 0.5) is 0 Å². The van der Waals surface area contributed by atoms with E-state index >= 15 is 0 Å². The van der Waals surface area contributed by atoms with Crippen molar-refractivity contribution in [1.82, 2.24) is 0 Å². The molecule has 0 heterocycles. The van der Waals surface area contributed by atoms with Crippen molar-refractivity contribution in [2.24, 2.45) is 39.9 Å².